The summed E-state index contributed by atoms with van der Waals surface area (Å²) < 4.78 is 6.00. The smallest absolute Gasteiger partial charge is 0.322 e. The zero-order valence-electron chi connectivity index (χ0n) is 8.74. The van der Waals surface area contributed by atoms with Gasteiger partial charge in [-0.05, 0) is 18.2 Å². The van der Waals surface area contributed by atoms with Gasteiger partial charge in [0.05, 0.1) is 12.8 Å². The minimum absolute atomic E-state index is 0.141. The van der Waals surface area contributed by atoms with Crippen LogP contribution in [0, 0.1) is 0 Å². The van der Waals surface area contributed by atoms with E-state index in [1.165, 1.54) is 0 Å². The monoisotopic (exact) mass is 288 g/mol. The third-order valence-electron chi connectivity index (χ3n) is 1.99. The fraction of sp³-hybridized carbons (Fsp3) is 0.300. The first-order valence-electron chi connectivity index (χ1n) is 4.60. The molecular weight excluding hydrogens is 276 g/mol. The van der Waals surface area contributed by atoms with Crippen LogP contribution in [0.15, 0.2) is 22.7 Å². The molecule has 1 rings (SSSR count). The normalized spacial score (nSPS) is 11.9. The zero-order chi connectivity index (χ0) is 12.1. The summed E-state index contributed by atoms with van der Waals surface area (Å²) in [4.78, 5) is 10.5. The molecule has 1 atom stereocenters. The summed E-state index contributed by atoms with van der Waals surface area (Å²) in [5.74, 6) is -0.401. The van der Waals surface area contributed by atoms with Gasteiger partial charge < -0.3 is 20.9 Å². The topological polar surface area (TPSA) is 84.6 Å². The van der Waals surface area contributed by atoms with E-state index in [1.807, 2.05) is 6.07 Å². The Bertz CT molecular complexity index is 384. The minimum atomic E-state index is -1.04. The van der Waals surface area contributed by atoms with E-state index in [9.17, 15) is 4.79 Å². The lowest BCUT2D eigenvalue weighted by Crippen LogP contribution is -2.36. The Morgan fingerprint density at radius 2 is 2.38 bits per heavy atom. The Morgan fingerprint density at radius 1 is 1.69 bits per heavy atom. The van der Waals surface area contributed by atoms with Crippen molar-refractivity contribution in [2.24, 2.45) is 5.73 Å². The molecule has 0 aliphatic heterocycles. The second-order valence-electron chi connectivity index (χ2n) is 3.17. The van der Waals surface area contributed by atoms with Gasteiger partial charge in [-0.2, -0.15) is 0 Å². The molecule has 0 fully saturated rings. The van der Waals surface area contributed by atoms with Crippen molar-refractivity contribution >= 4 is 27.6 Å². The number of nitrogens with two attached hydrogens (primary N) is 1. The van der Waals surface area contributed by atoms with Gasteiger partial charge in [-0.3, -0.25) is 4.79 Å². The summed E-state index contributed by atoms with van der Waals surface area (Å²) in [7, 11) is 1.55. The van der Waals surface area contributed by atoms with Crippen LogP contribution < -0.4 is 15.8 Å². The number of carbonyl (C=O) groups is 1. The highest BCUT2D eigenvalue weighted by Gasteiger charge is 2.12. The van der Waals surface area contributed by atoms with Gasteiger partial charge in [0, 0.05) is 11.0 Å². The summed E-state index contributed by atoms with van der Waals surface area (Å²) in [6.45, 7) is 0.141. The van der Waals surface area contributed by atoms with Gasteiger partial charge >= 0.3 is 5.97 Å². The lowest BCUT2D eigenvalue weighted by atomic mass is 10.2. The quantitative estimate of drug-likeness (QED) is 0.760. The molecule has 16 heavy (non-hydrogen) atoms. The number of rotatable bonds is 5. The lowest BCUT2D eigenvalue weighted by molar-refractivity contribution is -0.138. The molecule has 88 valence electrons. The van der Waals surface area contributed by atoms with Crippen LogP contribution in [0.3, 0.4) is 0 Å². The summed E-state index contributed by atoms with van der Waals surface area (Å²) in [6.07, 6.45) is 0. The molecule has 1 aromatic carbocycles. The molecule has 0 spiro atoms. The molecule has 0 heterocycles. The van der Waals surface area contributed by atoms with Crippen LogP contribution in [-0.4, -0.2) is 30.8 Å². The van der Waals surface area contributed by atoms with Gasteiger partial charge in [0.1, 0.15) is 11.8 Å². The summed E-state index contributed by atoms with van der Waals surface area (Å²) in [5.41, 5.74) is 6.08. The van der Waals surface area contributed by atoms with Crippen molar-refractivity contribution in [3.63, 3.8) is 0 Å². The van der Waals surface area contributed by atoms with Crippen LogP contribution in [-0.2, 0) is 4.79 Å². The van der Waals surface area contributed by atoms with E-state index in [1.54, 1.807) is 19.2 Å². The van der Waals surface area contributed by atoms with Crippen LogP contribution in [0.4, 0.5) is 5.69 Å². The Hall–Kier alpha value is -1.27. The molecule has 4 N–H and O–H groups in total. The first-order valence-corrected chi connectivity index (χ1v) is 5.39. The molecule has 0 saturated carbocycles. The van der Waals surface area contributed by atoms with Gasteiger partial charge in [0.25, 0.3) is 0 Å². The van der Waals surface area contributed by atoms with Crippen molar-refractivity contribution in [2.75, 3.05) is 19.0 Å². The summed E-state index contributed by atoms with van der Waals surface area (Å²) in [5, 5.41) is 11.6. The Morgan fingerprint density at radius 3 is 2.94 bits per heavy atom. The third kappa shape index (κ3) is 3.39. The first-order chi connectivity index (χ1) is 7.54. The van der Waals surface area contributed by atoms with E-state index >= 15 is 0 Å². The maximum absolute atomic E-state index is 10.5. The van der Waals surface area contributed by atoms with Crippen molar-refractivity contribution in [3.05, 3.63) is 22.7 Å². The molecule has 0 saturated heterocycles. The van der Waals surface area contributed by atoms with Gasteiger partial charge in [0.15, 0.2) is 0 Å². The van der Waals surface area contributed by atoms with E-state index in [0.717, 1.165) is 4.47 Å². The molecule has 0 amide bonds. The van der Waals surface area contributed by atoms with Gasteiger partial charge in [-0.1, -0.05) is 15.9 Å². The van der Waals surface area contributed by atoms with Gasteiger partial charge in [-0.15, -0.1) is 0 Å². The molecule has 5 nitrogen and oxygen atoms in total. The minimum Gasteiger partial charge on any atom is -0.495 e. The molecule has 0 bridgehead atoms. The average molecular weight is 289 g/mol. The molecule has 0 aromatic heterocycles. The van der Waals surface area contributed by atoms with E-state index in [2.05, 4.69) is 21.2 Å². The molecular formula is C10H13BrN2O3. The van der Waals surface area contributed by atoms with Crippen molar-refractivity contribution in [3.8, 4) is 5.75 Å². The van der Waals surface area contributed by atoms with E-state index < -0.39 is 12.0 Å². The Balaban J connectivity index is 2.72. The van der Waals surface area contributed by atoms with Crippen molar-refractivity contribution < 1.29 is 14.6 Å². The van der Waals surface area contributed by atoms with E-state index in [-0.39, 0.29) is 6.54 Å². The number of anilines is 1. The molecule has 0 aliphatic carbocycles. The van der Waals surface area contributed by atoms with Crippen molar-refractivity contribution in [1.82, 2.24) is 0 Å². The highest BCUT2D eigenvalue weighted by molar-refractivity contribution is 9.10. The maximum atomic E-state index is 10.5. The largest absolute Gasteiger partial charge is 0.495 e. The molecule has 0 aliphatic rings. The third-order valence-corrected chi connectivity index (χ3v) is 2.48. The van der Waals surface area contributed by atoms with Crippen LogP contribution >= 0.6 is 15.9 Å². The van der Waals surface area contributed by atoms with Crippen LogP contribution in [0.25, 0.3) is 0 Å². The van der Waals surface area contributed by atoms with Crippen LogP contribution in [0.5, 0.6) is 5.75 Å². The fourth-order valence-electron chi connectivity index (χ4n) is 1.13. The standard InChI is InChI=1S/C10H13BrN2O3/c1-16-9-3-2-6(11)4-8(9)13-5-7(12)10(14)15/h2-4,7,13H,5,12H2,1H3,(H,14,15). The summed E-state index contributed by atoms with van der Waals surface area (Å²) in [6, 6.07) is 4.47. The van der Waals surface area contributed by atoms with Gasteiger partial charge in [0.2, 0.25) is 0 Å². The highest BCUT2D eigenvalue weighted by atomic mass is 79.9. The number of benzene rings is 1. The summed E-state index contributed by atoms with van der Waals surface area (Å²) >= 11 is 3.32. The number of ether oxygens (including phenoxy) is 1. The Kier molecular flexibility index (Phi) is 4.57. The number of methoxy groups -OCH3 is 1. The number of halogens is 1. The van der Waals surface area contributed by atoms with Crippen LogP contribution in [0.1, 0.15) is 0 Å². The SMILES string of the molecule is COc1ccc(Br)cc1NCC(N)C(=O)O. The Labute approximate surface area is 102 Å². The number of hydrogen-bond acceptors (Lipinski definition) is 4. The first kappa shape index (κ1) is 12.8. The average Bonchev–Trinajstić information content (AvgIpc) is 2.25. The number of nitrogens with one attached hydrogen (secondary N) is 1. The lowest BCUT2D eigenvalue weighted by Gasteiger charge is -2.13. The molecule has 1 aromatic rings. The molecule has 1 unspecified atom stereocenters. The maximum Gasteiger partial charge on any atom is 0.322 e. The van der Waals surface area contributed by atoms with Gasteiger partial charge in [-0.25, -0.2) is 0 Å². The fourth-order valence-corrected chi connectivity index (χ4v) is 1.49. The second-order valence-corrected chi connectivity index (χ2v) is 4.09. The van der Waals surface area contributed by atoms with E-state index in [0.29, 0.717) is 11.4 Å². The molecule has 6 heteroatoms. The molecule has 0 radical (unpaired) electrons. The number of aliphatic carboxylic acids is 1. The second kappa shape index (κ2) is 5.72. The predicted molar refractivity (Wildman–Crippen MR) is 64.8 cm³/mol. The number of carboxylic acids is 1. The number of carboxylic acid groups (broad SMARTS) is 1. The van der Waals surface area contributed by atoms with Crippen LogP contribution in [0.2, 0.25) is 0 Å². The van der Waals surface area contributed by atoms with Crippen molar-refractivity contribution in [2.45, 2.75) is 6.04 Å². The highest BCUT2D eigenvalue weighted by Crippen LogP contribution is 2.27. The van der Waals surface area contributed by atoms with E-state index in [4.69, 9.17) is 15.6 Å². The van der Waals surface area contributed by atoms with Crippen molar-refractivity contribution in [1.29, 1.82) is 0 Å². The zero-order valence-corrected chi connectivity index (χ0v) is 10.3. The predicted octanol–water partition coefficient (Wildman–Crippen LogP) is 1.28. The number of hydrogen-bond donors (Lipinski definition) is 3.